The summed E-state index contributed by atoms with van der Waals surface area (Å²) in [7, 11) is 1.00. The number of allylic oxidation sites excluding steroid dienone is 4. The van der Waals surface area contributed by atoms with Crippen molar-refractivity contribution in [3.63, 3.8) is 0 Å². The number of Topliss-reactive ketones (excluding diaryl/α,β-unsaturated/α-hetero) is 1. The molecule has 20 heteroatoms. The standard InChI is InChI=1S/C53H68N8O11.C2H2.CH4O/c1-28(2)25-59-21-19-53(20-22-59)57-42-39-40-46(64)34(8)49-41(39)50(66)52(9,72-49)70-23-11-14-30(4)48(71-38(62)27-60(55)26-37(54)35-15-17-36(18-16-35)61(68)69)33(7)45(63)32(6)24-29(3)12-10-13-31(5)51(67)56-44(47(40)65)43(42)58-53;2*1-2/h10-13,15-18,23,26,28-30,32-33,45,48,63-65H,14,19-22,24-25,27,54-55H2,1-9H3,(H,56,67);1-2H;2H,1H3/b12-10+,23-11+,31-13-,37-26-;;/t29?,30-,32-,33-,45?,48?,52?;;/m1../s1. The van der Waals surface area contributed by atoms with E-state index in [4.69, 9.17) is 40.9 Å². The number of ketones is 1. The van der Waals surface area contributed by atoms with Crippen LogP contribution in [0.5, 0.6) is 17.2 Å². The predicted molar refractivity (Wildman–Crippen MR) is 289 cm³/mol. The third-order valence-electron chi connectivity index (χ3n) is 14.2. The van der Waals surface area contributed by atoms with Gasteiger partial charge in [0, 0.05) is 87.3 Å². The van der Waals surface area contributed by atoms with Crippen molar-refractivity contribution in [1.29, 1.82) is 0 Å². The number of anilines is 1. The number of hydrazine groups is 1. The van der Waals surface area contributed by atoms with Crippen molar-refractivity contribution in [3.8, 4) is 30.1 Å². The fraction of sp³-hybridized carbons (Fsp3) is 0.482. The summed E-state index contributed by atoms with van der Waals surface area (Å²) in [5, 5.41) is 58.4. The van der Waals surface area contributed by atoms with Crippen molar-refractivity contribution in [2.45, 2.75) is 112 Å². The summed E-state index contributed by atoms with van der Waals surface area (Å²) in [5.41, 5.74) is 6.19. The van der Waals surface area contributed by atoms with Gasteiger partial charge < -0.3 is 55.6 Å². The number of nitrogens with zero attached hydrogens (tertiary/aromatic N) is 5. The largest absolute Gasteiger partial charge is 0.507 e. The predicted octanol–water partition coefficient (Wildman–Crippen LogP) is 6.03. The number of phenolic OH excluding ortho intramolecular Hbond substituents is 2. The van der Waals surface area contributed by atoms with Gasteiger partial charge in [-0.15, -0.1) is 12.8 Å². The molecule has 20 nitrogen and oxygen atoms in total. The maximum absolute atomic E-state index is 14.8. The van der Waals surface area contributed by atoms with Crippen LogP contribution in [0.1, 0.15) is 103 Å². The molecule has 3 aromatic carbocycles. The molecule has 9 N–H and O–H groups in total. The highest BCUT2D eigenvalue weighted by Crippen LogP contribution is 2.50. The fourth-order valence-electron chi connectivity index (χ4n) is 10.2. The molecule has 76 heavy (non-hydrogen) atoms. The molecule has 0 radical (unpaired) electrons. The molecular formula is C56H74N8O12. The Hall–Kier alpha value is -7.31. The van der Waals surface area contributed by atoms with Gasteiger partial charge in [0.15, 0.2) is 11.4 Å². The summed E-state index contributed by atoms with van der Waals surface area (Å²) < 4.78 is 18.6. The number of fused-ring (bicyclic) bond motifs is 13. The maximum Gasteiger partial charge on any atom is 0.327 e. The molecule has 3 aromatic rings. The molecule has 0 aromatic heterocycles. The number of nitrogens with two attached hydrogens (primary N) is 2. The molecule has 8 rings (SSSR count). The van der Waals surface area contributed by atoms with Crippen LogP contribution in [0.3, 0.4) is 0 Å². The van der Waals surface area contributed by atoms with Crippen molar-refractivity contribution in [1.82, 2.24) is 9.91 Å². The lowest BCUT2D eigenvalue weighted by Crippen LogP contribution is -2.43. The number of carbonyl (C=O) groups excluding carboxylic acids is 3. The summed E-state index contributed by atoms with van der Waals surface area (Å²) in [6, 6.07) is 5.54. The minimum absolute atomic E-state index is 0.0353. The van der Waals surface area contributed by atoms with Gasteiger partial charge in [0.2, 0.25) is 0 Å². The normalized spacial score (nSPS) is 26.2. The zero-order valence-corrected chi connectivity index (χ0v) is 45.1. The molecule has 7 atom stereocenters. The van der Waals surface area contributed by atoms with Gasteiger partial charge in [-0.2, -0.15) is 0 Å². The van der Waals surface area contributed by atoms with Crippen LogP contribution in [0.2, 0.25) is 0 Å². The number of amides is 1. The van der Waals surface area contributed by atoms with Crippen molar-refractivity contribution >= 4 is 45.5 Å². The average Bonchev–Trinajstić information content (AvgIpc) is 3.90. The molecule has 1 spiro atoms. The number of nitro benzene ring substituents is 1. The maximum atomic E-state index is 14.8. The highest BCUT2D eigenvalue weighted by Gasteiger charge is 2.50. The van der Waals surface area contributed by atoms with Gasteiger partial charge in [0.05, 0.1) is 39.3 Å². The number of phenols is 2. The molecule has 1 fully saturated rings. The van der Waals surface area contributed by atoms with Crippen molar-refractivity contribution < 1.29 is 53.9 Å². The number of esters is 1. The Labute approximate surface area is 443 Å². The van der Waals surface area contributed by atoms with Crippen LogP contribution < -0.4 is 32.3 Å². The number of piperidine rings is 1. The van der Waals surface area contributed by atoms with E-state index in [2.05, 4.69) is 36.9 Å². The summed E-state index contributed by atoms with van der Waals surface area (Å²) in [4.78, 5) is 65.7. The number of rotatable bonds is 8. The molecule has 5 bridgehead atoms. The van der Waals surface area contributed by atoms with Gasteiger partial charge in [-0.25, -0.2) is 5.84 Å². The number of aliphatic hydroxyl groups excluding tert-OH is 2. The van der Waals surface area contributed by atoms with Gasteiger partial charge in [-0.1, -0.05) is 59.8 Å². The molecule has 5 heterocycles. The van der Waals surface area contributed by atoms with Crippen LogP contribution in [0.15, 0.2) is 76.6 Å². The summed E-state index contributed by atoms with van der Waals surface area (Å²) >= 11 is 0. The Balaban J connectivity index is 0.00000260. The van der Waals surface area contributed by atoms with E-state index in [0.29, 0.717) is 49.4 Å². The van der Waals surface area contributed by atoms with Gasteiger partial charge in [-0.3, -0.25) is 34.5 Å². The van der Waals surface area contributed by atoms with Gasteiger partial charge in [-0.05, 0) is 74.1 Å². The second kappa shape index (κ2) is 25.0. The van der Waals surface area contributed by atoms with Crippen LogP contribution in [-0.2, 0) is 19.1 Å². The number of nitro groups is 1. The lowest BCUT2D eigenvalue weighted by atomic mass is 9.80. The fourth-order valence-corrected chi connectivity index (χ4v) is 10.2. The number of likely N-dealkylation sites (tertiary alicyclic amines) is 1. The van der Waals surface area contributed by atoms with Crippen molar-refractivity contribution in [2.75, 3.05) is 38.6 Å². The van der Waals surface area contributed by atoms with E-state index in [9.17, 15) is 39.8 Å². The second-order valence-corrected chi connectivity index (χ2v) is 20.6. The van der Waals surface area contributed by atoms with E-state index in [1.807, 2.05) is 26.8 Å². The van der Waals surface area contributed by atoms with Gasteiger partial charge in [0.25, 0.3) is 17.4 Å². The molecule has 5 aliphatic rings. The van der Waals surface area contributed by atoms with E-state index in [1.54, 1.807) is 39.0 Å². The first kappa shape index (κ1) is 59.6. The lowest BCUT2D eigenvalue weighted by molar-refractivity contribution is -0.384. The Morgan fingerprint density at radius 3 is 2.29 bits per heavy atom. The quantitative estimate of drug-likeness (QED) is 0.0338. The molecular weight excluding hydrogens is 977 g/mol. The third kappa shape index (κ3) is 12.8. The number of carbonyl (C=O) groups is 3. The number of terminal acetylenes is 1. The van der Waals surface area contributed by atoms with Crippen molar-refractivity contribution in [3.05, 3.63) is 104 Å². The van der Waals surface area contributed by atoms with Gasteiger partial charge >= 0.3 is 11.8 Å². The number of aliphatic hydroxyl groups is 2. The molecule has 0 saturated carbocycles. The molecule has 0 aliphatic carbocycles. The Kier molecular flexibility index (Phi) is 19.6. The zero-order chi connectivity index (χ0) is 56.6. The number of hydrogen-bond acceptors (Lipinski definition) is 18. The molecule has 1 saturated heterocycles. The van der Waals surface area contributed by atoms with E-state index < -0.39 is 70.4 Å². The number of nitrogens with one attached hydrogen (secondary N) is 1. The van der Waals surface area contributed by atoms with Gasteiger partial charge in [0.1, 0.15) is 35.2 Å². The molecule has 1 amide bonds. The zero-order valence-electron chi connectivity index (χ0n) is 45.1. The Bertz CT molecular complexity index is 2940. The van der Waals surface area contributed by atoms with E-state index >= 15 is 0 Å². The molecule has 4 unspecified atom stereocenters. The highest BCUT2D eigenvalue weighted by molar-refractivity contribution is 6.19. The van der Waals surface area contributed by atoms with E-state index in [0.717, 1.165) is 18.7 Å². The van der Waals surface area contributed by atoms with Crippen LogP contribution in [-0.4, -0.2) is 110 Å². The number of ether oxygens (including phenoxy) is 3. The summed E-state index contributed by atoms with van der Waals surface area (Å²) in [6.07, 6.45) is 17.7. The summed E-state index contributed by atoms with van der Waals surface area (Å²) in [5.74, 6) is 0.665. The van der Waals surface area contributed by atoms with Crippen LogP contribution in [0.4, 0.5) is 11.4 Å². The highest BCUT2D eigenvalue weighted by atomic mass is 16.7. The second-order valence-electron chi connectivity index (χ2n) is 20.6. The van der Waals surface area contributed by atoms with E-state index in [1.165, 1.54) is 43.7 Å². The minimum Gasteiger partial charge on any atom is -0.507 e. The minimum atomic E-state index is -1.95. The number of non-ortho nitro benzene ring substituents is 1. The Morgan fingerprint density at radius 1 is 1.04 bits per heavy atom. The van der Waals surface area contributed by atoms with Crippen molar-refractivity contribution in [2.24, 2.45) is 51.2 Å². The first-order valence-electron chi connectivity index (χ1n) is 25.3. The SMILES string of the molecule is C#C.C/C1=C/C=C/C(C)C[C@@H](C)C(O)[C@@H](C)C(OC(=O)CN(N)/C=C(\N)c2ccc([N+](=O)[O-])cc2)[C@H](C)C/C=C/OC2(C)Oc3c(C)c(O)c4c(O)c(c5c(c4c3C2=O)=NC2(CCN(CC(C)C)CC2)N=5)NC1=O.CO. The lowest BCUT2D eigenvalue weighted by Gasteiger charge is -2.36. The topological polar surface area (TPSA) is 298 Å². The first-order valence-corrected chi connectivity index (χ1v) is 25.3. The molecule has 410 valence electrons. The number of benzene rings is 3. The average molecular weight is 1050 g/mol. The van der Waals surface area contributed by atoms with Crippen LogP contribution in [0, 0.1) is 59.5 Å². The van der Waals surface area contributed by atoms with Crippen LogP contribution >= 0.6 is 0 Å². The number of hydrogen-bond donors (Lipinski definition) is 7. The summed E-state index contributed by atoms with van der Waals surface area (Å²) in [6.45, 7) is 18.4. The smallest absolute Gasteiger partial charge is 0.327 e. The third-order valence-corrected chi connectivity index (χ3v) is 14.2. The van der Waals surface area contributed by atoms with E-state index in [-0.39, 0.29) is 79.4 Å². The first-order chi connectivity index (χ1) is 35.9. The van der Waals surface area contributed by atoms with Crippen LogP contribution in [0.25, 0.3) is 16.5 Å². The Morgan fingerprint density at radius 2 is 1.67 bits per heavy atom. The number of aromatic hydroxyl groups is 2. The molecule has 5 aliphatic heterocycles. The monoisotopic (exact) mass is 1050 g/mol.